The number of anilines is 1. The molecule has 0 aliphatic rings. The lowest BCUT2D eigenvalue weighted by atomic mass is 10.1. The van der Waals surface area contributed by atoms with Crippen molar-refractivity contribution in [2.75, 3.05) is 17.9 Å². The molecule has 0 aliphatic heterocycles. The van der Waals surface area contributed by atoms with Crippen LogP contribution in [0.3, 0.4) is 0 Å². The molecule has 0 spiro atoms. The Labute approximate surface area is 181 Å². The molecule has 0 saturated heterocycles. The minimum Gasteiger partial charge on any atom is -0.492 e. The van der Waals surface area contributed by atoms with E-state index in [-0.39, 0.29) is 29.3 Å². The minimum atomic E-state index is -4.07. The lowest BCUT2D eigenvalue weighted by Gasteiger charge is -2.12. The van der Waals surface area contributed by atoms with Gasteiger partial charge in [-0.05, 0) is 61.4 Å². The summed E-state index contributed by atoms with van der Waals surface area (Å²) in [6.45, 7) is 4.18. The van der Waals surface area contributed by atoms with E-state index < -0.39 is 21.7 Å². The van der Waals surface area contributed by atoms with Crippen LogP contribution in [0.5, 0.6) is 5.75 Å². The molecule has 3 rings (SSSR count). The fraction of sp³-hybridized carbons (Fsp3) is 0.174. The summed E-state index contributed by atoms with van der Waals surface area (Å²) in [5.74, 6) is -0.407. The molecule has 3 aromatic carbocycles. The summed E-state index contributed by atoms with van der Waals surface area (Å²) in [7, 11) is -4.07. The summed E-state index contributed by atoms with van der Waals surface area (Å²) in [6, 6.07) is 17.2. The van der Waals surface area contributed by atoms with E-state index in [1.807, 2.05) is 31.2 Å². The van der Waals surface area contributed by atoms with Gasteiger partial charge in [-0.2, -0.15) is 0 Å². The third-order valence-corrected chi connectivity index (χ3v) is 5.89. The van der Waals surface area contributed by atoms with Crippen LogP contribution in [-0.4, -0.2) is 27.5 Å². The number of rotatable bonds is 8. The molecule has 0 saturated carbocycles. The van der Waals surface area contributed by atoms with E-state index in [1.165, 1.54) is 36.4 Å². The second-order valence-electron chi connectivity index (χ2n) is 6.98. The quantitative estimate of drug-likeness (QED) is 0.516. The lowest BCUT2D eigenvalue weighted by Crippen LogP contribution is -2.29. The monoisotopic (exact) mass is 442 g/mol. The maximum atomic E-state index is 13.8. The van der Waals surface area contributed by atoms with E-state index >= 15 is 0 Å². The normalized spacial score (nSPS) is 11.1. The van der Waals surface area contributed by atoms with Gasteiger partial charge in [0.05, 0.1) is 17.1 Å². The molecule has 31 heavy (non-hydrogen) atoms. The van der Waals surface area contributed by atoms with Crippen molar-refractivity contribution in [2.24, 2.45) is 0 Å². The summed E-state index contributed by atoms with van der Waals surface area (Å²) >= 11 is 0. The molecule has 0 radical (unpaired) electrons. The van der Waals surface area contributed by atoms with Crippen molar-refractivity contribution in [3.05, 3.63) is 89.2 Å². The molecule has 1 amide bonds. The van der Waals surface area contributed by atoms with Crippen molar-refractivity contribution >= 4 is 21.6 Å². The van der Waals surface area contributed by atoms with E-state index in [1.54, 1.807) is 6.92 Å². The summed E-state index contributed by atoms with van der Waals surface area (Å²) < 4.78 is 46.9. The first-order chi connectivity index (χ1) is 14.8. The number of halogens is 1. The average Bonchev–Trinajstić information content (AvgIpc) is 2.73. The van der Waals surface area contributed by atoms with Crippen LogP contribution in [0.2, 0.25) is 0 Å². The Morgan fingerprint density at radius 3 is 2.52 bits per heavy atom. The van der Waals surface area contributed by atoms with E-state index in [0.717, 1.165) is 11.6 Å². The Kier molecular flexibility index (Phi) is 6.91. The number of benzene rings is 3. The highest BCUT2D eigenvalue weighted by atomic mass is 32.2. The smallest absolute Gasteiger partial charge is 0.262 e. The van der Waals surface area contributed by atoms with Crippen LogP contribution >= 0.6 is 0 Å². The SMILES string of the molecule is Cc1cccc(OCCNC(=O)c2cc(S(=O)(=O)Nc3ccccc3F)ccc2C)c1. The molecule has 0 aromatic heterocycles. The maximum Gasteiger partial charge on any atom is 0.262 e. The van der Waals surface area contributed by atoms with Gasteiger partial charge in [-0.15, -0.1) is 0 Å². The van der Waals surface area contributed by atoms with Crippen molar-refractivity contribution in [2.45, 2.75) is 18.7 Å². The largest absolute Gasteiger partial charge is 0.492 e. The highest BCUT2D eigenvalue weighted by Gasteiger charge is 2.19. The van der Waals surface area contributed by atoms with Crippen molar-refractivity contribution in [3.63, 3.8) is 0 Å². The van der Waals surface area contributed by atoms with E-state index in [0.29, 0.717) is 11.3 Å². The molecule has 162 valence electrons. The van der Waals surface area contributed by atoms with Gasteiger partial charge in [0, 0.05) is 5.56 Å². The molecule has 3 aromatic rings. The molecule has 0 aliphatic carbocycles. The number of aryl methyl sites for hydroxylation is 2. The number of hydrogen-bond acceptors (Lipinski definition) is 4. The third-order valence-electron chi connectivity index (χ3n) is 4.53. The highest BCUT2D eigenvalue weighted by molar-refractivity contribution is 7.92. The first-order valence-corrected chi connectivity index (χ1v) is 11.1. The van der Waals surface area contributed by atoms with Crippen LogP contribution in [0.25, 0.3) is 0 Å². The fourth-order valence-corrected chi connectivity index (χ4v) is 3.99. The standard InChI is InChI=1S/C23H23FN2O4S/c1-16-6-5-7-18(14-16)30-13-12-25-23(27)20-15-19(11-10-17(20)2)31(28,29)26-22-9-4-3-8-21(22)24/h3-11,14-15,26H,12-13H2,1-2H3,(H,25,27). The Morgan fingerprint density at radius 2 is 1.77 bits per heavy atom. The number of amides is 1. The molecular weight excluding hydrogens is 419 g/mol. The van der Waals surface area contributed by atoms with Gasteiger partial charge in [0.2, 0.25) is 0 Å². The van der Waals surface area contributed by atoms with E-state index in [2.05, 4.69) is 10.0 Å². The second kappa shape index (κ2) is 9.61. The fourth-order valence-electron chi connectivity index (χ4n) is 2.89. The molecule has 0 bridgehead atoms. The molecule has 0 heterocycles. The summed E-state index contributed by atoms with van der Waals surface area (Å²) in [6.07, 6.45) is 0. The summed E-state index contributed by atoms with van der Waals surface area (Å²) in [5.41, 5.74) is 1.73. The zero-order valence-corrected chi connectivity index (χ0v) is 18.0. The first kappa shape index (κ1) is 22.3. The number of para-hydroxylation sites is 1. The van der Waals surface area contributed by atoms with Crippen molar-refractivity contribution in [1.29, 1.82) is 0 Å². The van der Waals surface area contributed by atoms with Crippen LogP contribution in [-0.2, 0) is 10.0 Å². The minimum absolute atomic E-state index is 0.137. The number of ether oxygens (including phenoxy) is 1. The number of nitrogens with one attached hydrogen (secondary N) is 2. The molecule has 6 nitrogen and oxygen atoms in total. The molecule has 0 fully saturated rings. The van der Waals surface area contributed by atoms with Gasteiger partial charge in [-0.3, -0.25) is 9.52 Å². The number of carbonyl (C=O) groups excluding carboxylic acids is 1. The van der Waals surface area contributed by atoms with Crippen molar-refractivity contribution in [1.82, 2.24) is 5.32 Å². The van der Waals surface area contributed by atoms with Gasteiger partial charge < -0.3 is 10.1 Å². The van der Waals surface area contributed by atoms with Gasteiger partial charge in [-0.1, -0.05) is 30.3 Å². The first-order valence-electron chi connectivity index (χ1n) is 9.62. The van der Waals surface area contributed by atoms with Gasteiger partial charge >= 0.3 is 0 Å². The van der Waals surface area contributed by atoms with Crippen LogP contribution in [0, 0.1) is 19.7 Å². The van der Waals surface area contributed by atoms with Gasteiger partial charge in [0.1, 0.15) is 18.2 Å². The number of hydrogen-bond donors (Lipinski definition) is 2. The van der Waals surface area contributed by atoms with Crippen LogP contribution in [0.4, 0.5) is 10.1 Å². The topological polar surface area (TPSA) is 84.5 Å². The summed E-state index contributed by atoms with van der Waals surface area (Å²) in [5, 5.41) is 2.72. The zero-order chi connectivity index (χ0) is 22.4. The molecule has 0 atom stereocenters. The lowest BCUT2D eigenvalue weighted by molar-refractivity contribution is 0.0946. The number of carbonyl (C=O) groups is 1. The summed E-state index contributed by atoms with van der Waals surface area (Å²) in [4.78, 5) is 12.4. The Hall–Kier alpha value is -3.39. The second-order valence-corrected chi connectivity index (χ2v) is 8.67. The predicted octanol–water partition coefficient (Wildman–Crippen LogP) is 4.05. The Morgan fingerprint density at radius 1 is 1.00 bits per heavy atom. The molecular formula is C23H23FN2O4S. The number of sulfonamides is 1. The van der Waals surface area contributed by atoms with Crippen LogP contribution < -0.4 is 14.8 Å². The van der Waals surface area contributed by atoms with Crippen LogP contribution in [0.15, 0.2) is 71.6 Å². The van der Waals surface area contributed by atoms with Crippen molar-refractivity contribution < 1.29 is 22.3 Å². The Balaban J connectivity index is 1.67. The molecule has 2 N–H and O–H groups in total. The van der Waals surface area contributed by atoms with Crippen LogP contribution in [0.1, 0.15) is 21.5 Å². The Bertz CT molecular complexity index is 1200. The van der Waals surface area contributed by atoms with Crippen molar-refractivity contribution in [3.8, 4) is 5.75 Å². The highest BCUT2D eigenvalue weighted by Crippen LogP contribution is 2.21. The molecule has 8 heteroatoms. The zero-order valence-electron chi connectivity index (χ0n) is 17.2. The average molecular weight is 443 g/mol. The molecule has 0 unspecified atom stereocenters. The van der Waals surface area contributed by atoms with Gasteiger partial charge in [-0.25, -0.2) is 12.8 Å². The van der Waals surface area contributed by atoms with E-state index in [4.69, 9.17) is 4.74 Å². The maximum absolute atomic E-state index is 13.8. The van der Waals surface area contributed by atoms with E-state index in [9.17, 15) is 17.6 Å². The van der Waals surface area contributed by atoms with Gasteiger partial charge in [0.15, 0.2) is 0 Å². The predicted molar refractivity (Wildman–Crippen MR) is 117 cm³/mol. The van der Waals surface area contributed by atoms with Gasteiger partial charge in [0.25, 0.3) is 15.9 Å². The third kappa shape index (κ3) is 5.82.